The van der Waals surface area contributed by atoms with Gasteiger partial charge in [-0.2, -0.15) is 0 Å². The Hall–Kier alpha value is -2.08. The number of nitrogens with one attached hydrogen (secondary N) is 1. The van der Waals surface area contributed by atoms with Crippen molar-refractivity contribution >= 4 is 12.1 Å². The highest BCUT2D eigenvalue weighted by atomic mass is 16.6. The molecule has 2 atom stereocenters. The van der Waals surface area contributed by atoms with E-state index in [1.165, 1.54) is 69.1 Å². The molecule has 3 fully saturated rings. The van der Waals surface area contributed by atoms with Crippen LogP contribution in [0.5, 0.6) is 0 Å². The molecule has 1 heterocycles. The van der Waals surface area contributed by atoms with Crippen molar-refractivity contribution in [3.63, 3.8) is 0 Å². The molecular formula is C28H46N2O4. The number of nitrogens with zero attached hydrogens (tertiary/aromatic N) is 1. The Morgan fingerprint density at radius 3 is 1.97 bits per heavy atom. The number of carbonyl (C=O) groups excluding carboxylic acids is 1. The van der Waals surface area contributed by atoms with E-state index in [0.717, 1.165) is 24.1 Å². The molecule has 0 spiro atoms. The summed E-state index contributed by atoms with van der Waals surface area (Å²) in [6, 6.07) is 11.2. The van der Waals surface area contributed by atoms with Crippen LogP contribution in [0.3, 0.4) is 0 Å². The molecule has 2 saturated carbocycles. The number of hydrogen-bond acceptors (Lipinski definition) is 4. The van der Waals surface area contributed by atoms with Crippen LogP contribution in [0.1, 0.15) is 90.5 Å². The molecule has 6 heteroatoms. The van der Waals surface area contributed by atoms with Crippen LogP contribution in [0.25, 0.3) is 0 Å². The van der Waals surface area contributed by atoms with Crippen LogP contribution >= 0.6 is 0 Å². The summed E-state index contributed by atoms with van der Waals surface area (Å²) < 4.78 is 5.23. The van der Waals surface area contributed by atoms with Gasteiger partial charge < -0.3 is 20.1 Å². The van der Waals surface area contributed by atoms with Crippen LogP contribution in [0.15, 0.2) is 30.3 Å². The SMILES string of the molecule is C.C1CCC(NC2CCCCC2)CC1.CC[C@@H]1CN(C(=O)OCc2ccccc2)C[C@@H]1C(=O)O. The normalized spacial score (nSPS) is 23.4. The summed E-state index contributed by atoms with van der Waals surface area (Å²) in [6.45, 7) is 2.85. The lowest BCUT2D eigenvalue weighted by Gasteiger charge is -2.30. The smallest absolute Gasteiger partial charge is 0.410 e. The van der Waals surface area contributed by atoms with Gasteiger partial charge >= 0.3 is 12.1 Å². The fraction of sp³-hybridized carbons (Fsp3) is 0.714. The Bertz CT molecular complexity index is 698. The summed E-state index contributed by atoms with van der Waals surface area (Å²) in [6.07, 6.45) is 14.9. The number of ether oxygens (including phenoxy) is 1. The molecule has 3 aliphatic rings. The molecule has 1 aromatic rings. The number of hydrogen-bond donors (Lipinski definition) is 2. The first-order valence-electron chi connectivity index (χ1n) is 13.0. The zero-order valence-electron chi connectivity index (χ0n) is 20.2. The molecule has 192 valence electrons. The van der Waals surface area contributed by atoms with Crippen molar-refractivity contribution in [2.75, 3.05) is 13.1 Å². The van der Waals surface area contributed by atoms with Crippen molar-refractivity contribution in [2.24, 2.45) is 11.8 Å². The summed E-state index contributed by atoms with van der Waals surface area (Å²) in [5, 5.41) is 13.0. The number of carbonyl (C=O) groups is 2. The van der Waals surface area contributed by atoms with Crippen LogP contribution in [0.4, 0.5) is 4.79 Å². The zero-order chi connectivity index (χ0) is 23.5. The van der Waals surface area contributed by atoms with Crippen LogP contribution < -0.4 is 5.32 Å². The maximum atomic E-state index is 12.0. The average Bonchev–Trinajstić information content (AvgIpc) is 3.30. The summed E-state index contributed by atoms with van der Waals surface area (Å²) in [5.74, 6) is -1.31. The molecule has 0 bridgehead atoms. The lowest BCUT2D eigenvalue weighted by Crippen LogP contribution is -2.40. The summed E-state index contributed by atoms with van der Waals surface area (Å²) in [5.41, 5.74) is 0.918. The van der Waals surface area contributed by atoms with E-state index in [2.05, 4.69) is 5.32 Å². The molecule has 1 aromatic carbocycles. The van der Waals surface area contributed by atoms with Gasteiger partial charge in [0, 0.05) is 25.2 Å². The van der Waals surface area contributed by atoms with E-state index in [0.29, 0.717) is 6.54 Å². The van der Waals surface area contributed by atoms with E-state index < -0.39 is 18.0 Å². The average molecular weight is 475 g/mol. The third-order valence-corrected chi connectivity index (χ3v) is 7.43. The Morgan fingerprint density at radius 2 is 1.50 bits per heavy atom. The molecule has 0 unspecified atom stereocenters. The van der Waals surface area contributed by atoms with Crippen LogP contribution in [-0.2, 0) is 16.1 Å². The van der Waals surface area contributed by atoms with Crippen LogP contribution in [0.2, 0.25) is 0 Å². The zero-order valence-corrected chi connectivity index (χ0v) is 20.2. The predicted octanol–water partition coefficient (Wildman–Crippen LogP) is 6.24. The fourth-order valence-corrected chi connectivity index (χ4v) is 5.40. The number of benzene rings is 1. The van der Waals surface area contributed by atoms with Crippen LogP contribution in [0, 0.1) is 11.8 Å². The van der Waals surface area contributed by atoms with Crippen molar-refractivity contribution in [1.82, 2.24) is 10.2 Å². The Labute approximate surface area is 206 Å². The standard InChI is InChI=1S/C15H19NO4.C12H23N.CH4/c1-2-12-8-16(9-13(12)14(17)18)15(19)20-10-11-6-4-3-5-7-11;1-3-7-11(8-4-1)13-12-9-5-2-6-10-12;/h3-7,12-13H,2,8-10H2,1H3,(H,17,18);11-13H,1-10H2;1H4/t12-,13+;;/m1../s1. The largest absolute Gasteiger partial charge is 0.481 e. The van der Waals surface area contributed by atoms with Gasteiger partial charge in [-0.1, -0.05) is 89.6 Å². The first-order valence-corrected chi connectivity index (χ1v) is 13.0. The van der Waals surface area contributed by atoms with E-state index in [1.54, 1.807) is 0 Å². The molecule has 1 saturated heterocycles. The second-order valence-corrected chi connectivity index (χ2v) is 9.89. The van der Waals surface area contributed by atoms with Gasteiger partial charge in [-0.05, 0) is 37.2 Å². The Morgan fingerprint density at radius 1 is 0.941 bits per heavy atom. The molecule has 1 aliphatic heterocycles. The first-order chi connectivity index (χ1) is 16.1. The number of amides is 1. The minimum absolute atomic E-state index is 0. The minimum atomic E-state index is -0.838. The highest BCUT2D eigenvalue weighted by Gasteiger charge is 2.39. The van der Waals surface area contributed by atoms with Crippen molar-refractivity contribution in [1.29, 1.82) is 0 Å². The highest BCUT2D eigenvalue weighted by Crippen LogP contribution is 2.27. The predicted molar refractivity (Wildman–Crippen MR) is 137 cm³/mol. The first kappa shape index (κ1) is 28.2. The van der Waals surface area contributed by atoms with Crippen molar-refractivity contribution in [3.05, 3.63) is 35.9 Å². The molecule has 34 heavy (non-hydrogen) atoms. The van der Waals surface area contributed by atoms with Gasteiger partial charge in [-0.25, -0.2) is 4.79 Å². The fourth-order valence-electron chi connectivity index (χ4n) is 5.40. The second kappa shape index (κ2) is 15.0. The maximum absolute atomic E-state index is 12.0. The number of carboxylic acid groups (broad SMARTS) is 1. The second-order valence-electron chi connectivity index (χ2n) is 9.89. The van der Waals surface area contributed by atoms with E-state index >= 15 is 0 Å². The van der Waals surface area contributed by atoms with E-state index in [1.807, 2.05) is 37.3 Å². The Balaban J connectivity index is 0.000000253. The lowest BCUT2D eigenvalue weighted by molar-refractivity contribution is -0.142. The van der Waals surface area contributed by atoms with Crippen molar-refractivity contribution in [2.45, 2.75) is 104 Å². The molecule has 0 aromatic heterocycles. The number of rotatable bonds is 6. The molecule has 0 radical (unpaired) electrons. The van der Waals surface area contributed by atoms with Gasteiger partial charge in [-0.3, -0.25) is 4.79 Å². The molecule has 4 rings (SSSR count). The molecular weight excluding hydrogens is 428 g/mol. The lowest BCUT2D eigenvalue weighted by atomic mass is 9.91. The van der Waals surface area contributed by atoms with Crippen molar-refractivity contribution in [3.8, 4) is 0 Å². The summed E-state index contributed by atoms with van der Waals surface area (Å²) in [4.78, 5) is 24.6. The monoisotopic (exact) mass is 474 g/mol. The van der Waals surface area contributed by atoms with E-state index in [9.17, 15) is 9.59 Å². The molecule has 2 N–H and O–H groups in total. The molecule has 6 nitrogen and oxygen atoms in total. The molecule has 1 amide bonds. The third kappa shape index (κ3) is 8.94. The highest BCUT2D eigenvalue weighted by molar-refractivity contribution is 5.74. The van der Waals surface area contributed by atoms with Gasteiger partial charge in [0.05, 0.1) is 5.92 Å². The van der Waals surface area contributed by atoms with Crippen LogP contribution in [-0.4, -0.2) is 47.2 Å². The van der Waals surface area contributed by atoms with Gasteiger partial charge in [0.15, 0.2) is 0 Å². The van der Waals surface area contributed by atoms with Gasteiger partial charge in [0.2, 0.25) is 0 Å². The minimum Gasteiger partial charge on any atom is -0.481 e. The van der Waals surface area contributed by atoms with Gasteiger partial charge in [0.25, 0.3) is 0 Å². The quantitative estimate of drug-likeness (QED) is 0.510. The number of carboxylic acids is 1. The Kier molecular flexibility index (Phi) is 12.4. The van der Waals surface area contributed by atoms with E-state index in [4.69, 9.17) is 9.84 Å². The number of likely N-dealkylation sites (tertiary alicyclic amines) is 1. The summed E-state index contributed by atoms with van der Waals surface area (Å²) >= 11 is 0. The number of aliphatic carboxylic acids is 1. The topological polar surface area (TPSA) is 78.9 Å². The maximum Gasteiger partial charge on any atom is 0.410 e. The summed E-state index contributed by atoms with van der Waals surface area (Å²) in [7, 11) is 0. The third-order valence-electron chi connectivity index (χ3n) is 7.43. The van der Waals surface area contributed by atoms with Crippen molar-refractivity contribution < 1.29 is 19.4 Å². The van der Waals surface area contributed by atoms with Gasteiger partial charge in [-0.15, -0.1) is 0 Å². The van der Waals surface area contributed by atoms with E-state index in [-0.39, 0.29) is 26.5 Å². The van der Waals surface area contributed by atoms with Gasteiger partial charge in [0.1, 0.15) is 6.61 Å². The molecule has 2 aliphatic carbocycles.